The standard InChI is InChI=1S/C12H16N2O3/c1-3-13-12(16)9(2)14-11(15)7-6-10-5-4-8-17-10/h4-9H,3H2,1-2H3,(H,13,16)(H,14,15)/b7-6+. The molecule has 0 radical (unpaired) electrons. The largest absolute Gasteiger partial charge is 0.465 e. The molecular formula is C12H16N2O3. The number of likely N-dealkylation sites (N-methyl/N-ethyl adjacent to an activating group) is 1. The highest BCUT2D eigenvalue weighted by atomic mass is 16.3. The first-order valence-electron chi connectivity index (χ1n) is 5.43. The van der Waals surface area contributed by atoms with Crippen molar-refractivity contribution < 1.29 is 14.0 Å². The highest BCUT2D eigenvalue weighted by Gasteiger charge is 2.12. The number of carbonyl (C=O) groups is 2. The Morgan fingerprint density at radius 3 is 2.88 bits per heavy atom. The summed E-state index contributed by atoms with van der Waals surface area (Å²) in [4.78, 5) is 22.8. The molecule has 1 unspecified atom stereocenters. The summed E-state index contributed by atoms with van der Waals surface area (Å²) in [5, 5.41) is 5.17. The highest BCUT2D eigenvalue weighted by Crippen LogP contribution is 2.01. The zero-order chi connectivity index (χ0) is 12.7. The number of hydrogen-bond acceptors (Lipinski definition) is 3. The van der Waals surface area contributed by atoms with Crippen molar-refractivity contribution in [3.63, 3.8) is 0 Å². The Morgan fingerprint density at radius 1 is 1.53 bits per heavy atom. The van der Waals surface area contributed by atoms with Gasteiger partial charge in [0.2, 0.25) is 11.8 Å². The second-order valence-electron chi connectivity index (χ2n) is 3.47. The van der Waals surface area contributed by atoms with E-state index in [4.69, 9.17) is 4.42 Å². The predicted octanol–water partition coefficient (Wildman–Crippen LogP) is 0.934. The number of nitrogens with one attached hydrogen (secondary N) is 2. The van der Waals surface area contributed by atoms with Crippen molar-refractivity contribution in [2.75, 3.05) is 6.54 Å². The monoisotopic (exact) mass is 236 g/mol. The molecule has 2 N–H and O–H groups in total. The van der Waals surface area contributed by atoms with Crippen LogP contribution in [0.2, 0.25) is 0 Å². The van der Waals surface area contributed by atoms with Gasteiger partial charge in [-0.2, -0.15) is 0 Å². The van der Waals surface area contributed by atoms with Crippen molar-refractivity contribution in [1.29, 1.82) is 0 Å². The maximum absolute atomic E-state index is 11.4. The summed E-state index contributed by atoms with van der Waals surface area (Å²) in [5.74, 6) is 0.0539. The molecule has 1 rings (SSSR count). The Labute approximate surface area is 99.9 Å². The van der Waals surface area contributed by atoms with Crippen LogP contribution in [0.25, 0.3) is 6.08 Å². The third-order valence-corrected chi connectivity index (χ3v) is 2.05. The van der Waals surface area contributed by atoms with Gasteiger partial charge in [-0.15, -0.1) is 0 Å². The Bertz CT molecular complexity index is 396. The van der Waals surface area contributed by atoms with Gasteiger partial charge in [-0.25, -0.2) is 0 Å². The van der Waals surface area contributed by atoms with Gasteiger partial charge in [0.1, 0.15) is 11.8 Å². The number of carbonyl (C=O) groups excluding carboxylic acids is 2. The molecule has 17 heavy (non-hydrogen) atoms. The third-order valence-electron chi connectivity index (χ3n) is 2.05. The van der Waals surface area contributed by atoms with Crippen LogP contribution in [-0.2, 0) is 9.59 Å². The van der Waals surface area contributed by atoms with Crippen molar-refractivity contribution in [2.24, 2.45) is 0 Å². The normalized spacial score (nSPS) is 12.4. The van der Waals surface area contributed by atoms with E-state index in [-0.39, 0.29) is 11.8 Å². The Morgan fingerprint density at radius 2 is 2.29 bits per heavy atom. The lowest BCUT2D eigenvalue weighted by Crippen LogP contribution is -2.44. The topological polar surface area (TPSA) is 71.3 Å². The summed E-state index contributed by atoms with van der Waals surface area (Å²) in [6.07, 6.45) is 4.39. The SMILES string of the molecule is CCNC(=O)C(C)NC(=O)/C=C/c1ccco1. The van der Waals surface area contributed by atoms with Gasteiger partial charge in [0, 0.05) is 12.6 Å². The van der Waals surface area contributed by atoms with Gasteiger partial charge in [0.15, 0.2) is 0 Å². The maximum Gasteiger partial charge on any atom is 0.244 e. The van der Waals surface area contributed by atoms with Gasteiger partial charge >= 0.3 is 0 Å². The fraction of sp³-hybridized carbons (Fsp3) is 0.333. The molecule has 1 heterocycles. The smallest absolute Gasteiger partial charge is 0.244 e. The average molecular weight is 236 g/mol. The second-order valence-corrected chi connectivity index (χ2v) is 3.47. The summed E-state index contributed by atoms with van der Waals surface area (Å²) in [5.41, 5.74) is 0. The van der Waals surface area contributed by atoms with E-state index in [1.807, 2.05) is 6.92 Å². The second kappa shape index (κ2) is 6.52. The molecule has 1 aromatic heterocycles. The van der Waals surface area contributed by atoms with E-state index in [2.05, 4.69) is 10.6 Å². The van der Waals surface area contributed by atoms with E-state index in [0.717, 1.165) is 0 Å². The zero-order valence-corrected chi connectivity index (χ0v) is 9.90. The van der Waals surface area contributed by atoms with Crippen LogP contribution in [0.1, 0.15) is 19.6 Å². The maximum atomic E-state index is 11.4. The van der Waals surface area contributed by atoms with E-state index in [9.17, 15) is 9.59 Å². The van der Waals surface area contributed by atoms with Gasteiger partial charge in [0.05, 0.1) is 6.26 Å². The van der Waals surface area contributed by atoms with Crippen molar-refractivity contribution in [2.45, 2.75) is 19.9 Å². The van der Waals surface area contributed by atoms with Gasteiger partial charge in [-0.3, -0.25) is 9.59 Å². The van der Waals surface area contributed by atoms with Crippen LogP contribution >= 0.6 is 0 Å². The van der Waals surface area contributed by atoms with E-state index >= 15 is 0 Å². The van der Waals surface area contributed by atoms with Crippen LogP contribution in [0.4, 0.5) is 0 Å². The van der Waals surface area contributed by atoms with Crippen molar-refractivity contribution in [3.8, 4) is 0 Å². The molecule has 2 amide bonds. The van der Waals surface area contributed by atoms with Crippen LogP contribution in [0.5, 0.6) is 0 Å². The molecule has 1 aromatic rings. The number of hydrogen-bond donors (Lipinski definition) is 2. The van der Waals surface area contributed by atoms with E-state index < -0.39 is 6.04 Å². The van der Waals surface area contributed by atoms with E-state index in [0.29, 0.717) is 12.3 Å². The lowest BCUT2D eigenvalue weighted by Gasteiger charge is -2.11. The van der Waals surface area contributed by atoms with Gasteiger partial charge < -0.3 is 15.1 Å². The van der Waals surface area contributed by atoms with Crippen molar-refractivity contribution in [1.82, 2.24) is 10.6 Å². The first-order chi connectivity index (χ1) is 8.13. The van der Waals surface area contributed by atoms with Crippen LogP contribution < -0.4 is 10.6 Å². The summed E-state index contributed by atoms with van der Waals surface area (Å²) in [6.45, 7) is 3.99. The first kappa shape index (κ1) is 13.0. The molecule has 0 saturated heterocycles. The minimum absolute atomic E-state index is 0.202. The van der Waals surface area contributed by atoms with Gasteiger partial charge in [-0.05, 0) is 32.1 Å². The van der Waals surface area contributed by atoms with Gasteiger partial charge in [-0.1, -0.05) is 0 Å². The molecule has 0 aromatic carbocycles. The summed E-state index contributed by atoms with van der Waals surface area (Å²) in [6, 6.07) is 2.91. The predicted molar refractivity (Wildman–Crippen MR) is 64.0 cm³/mol. The minimum atomic E-state index is -0.552. The Hall–Kier alpha value is -2.04. The summed E-state index contributed by atoms with van der Waals surface area (Å²) in [7, 11) is 0. The molecule has 5 nitrogen and oxygen atoms in total. The summed E-state index contributed by atoms with van der Waals surface area (Å²) >= 11 is 0. The van der Waals surface area contributed by atoms with Crippen LogP contribution in [-0.4, -0.2) is 24.4 Å². The fourth-order valence-corrected chi connectivity index (χ4v) is 1.20. The molecule has 0 bridgehead atoms. The summed E-state index contributed by atoms with van der Waals surface area (Å²) < 4.78 is 5.03. The first-order valence-corrected chi connectivity index (χ1v) is 5.43. The molecule has 0 spiro atoms. The van der Waals surface area contributed by atoms with Crippen LogP contribution in [0.3, 0.4) is 0 Å². The van der Waals surface area contributed by atoms with Crippen LogP contribution in [0, 0.1) is 0 Å². The quantitative estimate of drug-likeness (QED) is 0.747. The van der Waals surface area contributed by atoms with Gasteiger partial charge in [0.25, 0.3) is 0 Å². The molecule has 0 aliphatic rings. The lowest BCUT2D eigenvalue weighted by atomic mass is 10.3. The fourth-order valence-electron chi connectivity index (χ4n) is 1.20. The molecule has 0 aliphatic heterocycles. The Kier molecular flexibility index (Phi) is 5.00. The van der Waals surface area contributed by atoms with E-state index in [1.54, 1.807) is 25.1 Å². The molecule has 1 atom stereocenters. The molecule has 5 heteroatoms. The highest BCUT2D eigenvalue weighted by molar-refractivity contribution is 5.95. The number of furan rings is 1. The number of amides is 2. The molecule has 0 fully saturated rings. The van der Waals surface area contributed by atoms with Crippen LogP contribution in [0.15, 0.2) is 28.9 Å². The lowest BCUT2D eigenvalue weighted by molar-refractivity contribution is -0.126. The average Bonchev–Trinajstić information content (AvgIpc) is 2.79. The minimum Gasteiger partial charge on any atom is -0.465 e. The number of rotatable bonds is 5. The van der Waals surface area contributed by atoms with Crippen molar-refractivity contribution in [3.05, 3.63) is 30.2 Å². The molecule has 0 aliphatic carbocycles. The molecular weight excluding hydrogens is 220 g/mol. The molecule has 92 valence electrons. The zero-order valence-electron chi connectivity index (χ0n) is 9.90. The molecule has 0 saturated carbocycles. The van der Waals surface area contributed by atoms with Crippen molar-refractivity contribution >= 4 is 17.9 Å². The third kappa shape index (κ3) is 4.55. The van der Waals surface area contributed by atoms with E-state index in [1.165, 1.54) is 12.3 Å². The Balaban J connectivity index is 2.41.